The first kappa shape index (κ1) is 23.6. The first-order valence-corrected chi connectivity index (χ1v) is 11.6. The summed E-state index contributed by atoms with van der Waals surface area (Å²) >= 11 is 6.29. The molecule has 4 rings (SSSR count). The predicted octanol–water partition coefficient (Wildman–Crippen LogP) is 5.99. The first-order valence-electron chi connectivity index (χ1n) is 11.3. The van der Waals surface area contributed by atoms with Gasteiger partial charge in [0.25, 0.3) is 5.91 Å². The van der Waals surface area contributed by atoms with Crippen LogP contribution >= 0.6 is 11.6 Å². The van der Waals surface area contributed by atoms with E-state index in [4.69, 9.17) is 16.3 Å². The molecule has 1 aliphatic heterocycles. The van der Waals surface area contributed by atoms with Crippen molar-refractivity contribution in [3.63, 3.8) is 0 Å². The van der Waals surface area contributed by atoms with Crippen LogP contribution in [0.3, 0.4) is 0 Å². The van der Waals surface area contributed by atoms with Crippen molar-refractivity contribution in [3.8, 4) is 5.75 Å². The number of hydrogen-bond donors (Lipinski definition) is 1. The maximum atomic E-state index is 12.3. The van der Waals surface area contributed by atoms with E-state index in [9.17, 15) is 4.79 Å². The highest BCUT2D eigenvalue weighted by Crippen LogP contribution is 2.50. The molecule has 3 aromatic carbocycles. The topological polar surface area (TPSA) is 53.9 Å². The van der Waals surface area contributed by atoms with Gasteiger partial charge < -0.3 is 9.64 Å². The van der Waals surface area contributed by atoms with Gasteiger partial charge in [0.1, 0.15) is 5.75 Å². The van der Waals surface area contributed by atoms with E-state index in [1.54, 1.807) is 25.5 Å². The lowest BCUT2D eigenvalue weighted by atomic mass is 9.76. The summed E-state index contributed by atoms with van der Waals surface area (Å²) in [5.41, 5.74) is 7.38. The minimum Gasteiger partial charge on any atom is -0.497 e. The Bertz CT molecular complexity index is 1240. The second kappa shape index (κ2) is 10.1. The number of nitrogens with one attached hydrogen (secondary N) is 1. The molecule has 1 N–H and O–H groups in total. The van der Waals surface area contributed by atoms with E-state index < -0.39 is 0 Å². The van der Waals surface area contributed by atoms with Crippen LogP contribution in [0.2, 0.25) is 5.02 Å². The van der Waals surface area contributed by atoms with Crippen LogP contribution in [-0.4, -0.2) is 25.8 Å². The maximum Gasteiger partial charge on any atom is 0.271 e. The molecule has 0 saturated heterocycles. The Hall–Kier alpha value is -3.57. The van der Waals surface area contributed by atoms with Crippen molar-refractivity contribution >= 4 is 29.4 Å². The van der Waals surface area contributed by atoms with Gasteiger partial charge >= 0.3 is 0 Å². The van der Waals surface area contributed by atoms with Crippen molar-refractivity contribution in [1.82, 2.24) is 5.43 Å². The van der Waals surface area contributed by atoms with Crippen LogP contribution < -0.4 is 15.1 Å². The van der Waals surface area contributed by atoms with Crippen LogP contribution in [0, 0.1) is 0 Å². The van der Waals surface area contributed by atoms with Crippen LogP contribution in [0.25, 0.3) is 0 Å². The molecule has 34 heavy (non-hydrogen) atoms. The number of nitrogens with zero attached hydrogens (tertiary/aromatic N) is 2. The van der Waals surface area contributed by atoms with Crippen LogP contribution in [0.4, 0.5) is 5.69 Å². The molecule has 5 nitrogen and oxygen atoms in total. The van der Waals surface area contributed by atoms with E-state index in [2.05, 4.69) is 47.5 Å². The van der Waals surface area contributed by atoms with Crippen molar-refractivity contribution in [2.24, 2.45) is 5.10 Å². The van der Waals surface area contributed by atoms with Gasteiger partial charge in [0, 0.05) is 40.1 Å². The standard InChI is InChI=1S/C28H28ClN3O2/c1-4-32-25-14-13-23(34-3)18-24(25)28(2,19-20-9-8-12-22(29)17-20)26(32)15-16-30-31-27(33)21-10-6-5-7-11-21/h5-18H,4,19H2,1-3H3,(H,31,33)/b26-15-,30-16+. The smallest absolute Gasteiger partial charge is 0.271 e. The Balaban J connectivity index is 1.69. The summed E-state index contributed by atoms with van der Waals surface area (Å²) in [5, 5.41) is 4.91. The van der Waals surface area contributed by atoms with Gasteiger partial charge in [-0.05, 0) is 79.9 Å². The molecule has 3 aromatic rings. The summed E-state index contributed by atoms with van der Waals surface area (Å²) in [6, 6.07) is 23.2. The third kappa shape index (κ3) is 4.70. The number of methoxy groups -OCH3 is 1. The Morgan fingerprint density at radius 1 is 1.12 bits per heavy atom. The van der Waals surface area contributed by atoms with Crippen LogP contribution in [0.5, 0.6) is 5.75 Å². The third-order valence-electron chi connectivity index (χ3n) is 6.22. The third-order valence-corrected chi connectivity index (χ3v) is 6.45. The number of carbonyl (C=O) groups excluding carboxylic acids is 1. The Morgan fingerprint density at radius 2 is 1.91 bits per heavy atom. The molecular formula is C28H28ClN3O2. The molecule has 1 amide bonds. The average Bonchev–Trinajstić information content (AvgIpc) is 3.08. The number of rotatable bonds is 7. The molecule has 0 saturated carbocycles. The molecule has 1 atom stereocenters. The van der Waals surface area contributed by atoms with E-state index in [0.29, 0.717) is 10.6 Å². The van der Waals surface area contributed by atoms with Crippen LogP contribution in [0.1, 0.15) is 35.3 Å². The number of benzene rings is 3. The van der Waals surface area contributed by atoms with E-state index in [1.165, 1.54) is 5.56 Å². The number of likely N-dealkylation sites (N-methyl/N-ethyl adjacent to an activating group) is 1. The minimum absolute atomic E-state index is 0.247. The summed E-state index contributed by atoms with van der Waals surface area (Å²) in [6.07, 6.45) is 4.38. The zero-order chi connectivity index (χ0) is 24.1. The number of ether oxygens (including phenoxy) is 1. The zero-order valence-corrected chi connectivity index (χ0v) is 20.3. The van der Waals surface area contributed by atoms with Gasteiger partial charge in [-0.2, -0.15) is 5.10 Å². The summed E-state index contributed by atoms with van der Waals surface area (Å²) in [6.45, 7) is 5.14. The van der Waals surface area contributed by atoms with Crippen molar-refractivity contribution in [2.75, 3.05) is 18.6 Å². The van der Waals surface area contributed by atoms with Gasteiger partial charge in [0.2, 0.25) is 0 Å². The van der Waals surface area contributed by atoms with Crippen molar-refractivity contribution in [3.05, 3.63) is 106 Å². The lowest BCUT2D eigenvalue weighted by Crippen LogP contribution is -2.31. The monoisotopic (exact) mass is 473 g/mol. The Kier molecular flexibility index (Phi) is 7.03. The molecule has 174 valence electrons. The fourth-order valence-corrected chi connectivity index (χ4v) is 4.81. The number of carbonyl (C=O) groups is 1. The molecule has 1 heterocycles. The minimum atomic E-state index is -0.347. The Morgan fingerprint density at radius 3 is 2.62 bits per heavy atom. The predicted molar refractivity (Wildman–Crippen MR) is 139 cm³/mol. The number of hydrogen-bond acceptors (Lipinski definition) is 4. The summed E-state index contributed by atoms with van der Waals surface area (Å²) in [5.74, 6) is 0.570. The zero-order valence-electron chi connectivity index (χ0n) is 19.6. The van der Waals surface area contributed by atoms with E-state index >= 15 is 0 Å². The highest BCUT2D eigenvalue weighted by atomic mass is 35.5. The normalized spacial score (nSPS) is 18.4. The lowest BCUT2D eigenvalue weighted by Gasteiger charge is -2.30. The summed E-state index contributed by atoms with van der Waals surface area (Å²) in [4.78, 5) is 14.6. The van der Waals surface area contributed by atoms with Crippen molar-refractivity contribution in [2.45, 2.75) is 25.7 Å². The quantitative estimate of drug-likeness (QED) is 0.339. The Labute approximate surface area is 205 Å². The van der Waals surface area contributed by atoms with E-state index in [0.717, 1.165) is 35.7 Å². The molecule has 0 radical (unpaired) electrons. The molecule has 1 aliphatic rings. The van der Waals surface area contributed by atoms with Gasteiger partial charge in [0.15, 0.2) is 0 Å². The van der Waals surface area contributed by atoms with E-state index in [1.807, 2.05) is 48.5 Å². The second-order valence-corrected chi connectivity index (χ2v) is 8.84. The molecule has 0 bridgehead atoms. The number of amides is 1. The van der Waals surface area contributed by atoms with Gasteiger partial charge in [-0.15, -0.1) is 0 Å². The molecule has 0 fully saturated rings. The number of halogens is 1. The summed E-state index contributed by atoms with van der Waals surface area (Å²) < 4.78 is 5.54. The highest BCUT2D eigenvalue weighted by Gasteiger charge is 2.43. The fourth-order valence-electron chi connectivity index (χ4n) is 4.60. The number of allylic oxidation sites excluding steroid dienone is 2. The maximum absolute atomic E-state index is 12.3. The van der Waals surface area contributed by atoms with Gasteiger partial charge in [-0.25, -0.2) is 5.43 Å². The van der Waals surface area contributed by atoms with Crippen LogP contribution in [0.15, 0.2) is 89.7 Å². The highest BCUT2D eigenvalue weighted by molar-refractivity contribution is 6.30. The molecule has 0 aromatic heterocycles. The van der Waals surface area contributed by atoms with E-state index in [-0.39, 0.29) is 11.3 Å². The van der Waals surface area contributed by atoms with Crippen molar-refractivity contribution < 1.29 is 9.53 Å². The van der Waals surface area contributed by atoms with Crippen molar-refractivity contribution in [1.29, 1.82) is 0 Å². The molecule has 0 spiro atoms. The lowest BCUT2D eigenvalue weighted by molar-refractivity contribution is 0.0955. The van der Waals surface area contributed by atoms with Crippen LogP contribution in [-0.2, 0) is 11.8 Å². The molecule has 1 unspecified atom stereocenters. The molecule has 6 heteroatoms. The number of hydrazone groups is 1. The number of anilines is 1. The second-order valence-electron chi connectivity index (χ2n) is 8.40. The molecular weight excluding hydrogens is 446 g/mol. The summed E-state index contributed by atoms with van der Waals surface area (Å²) in [7, 11) is 1.68. The SMILES string of the molecule is CCN1/C(=C\C=N\NC(=O)c2ccccc2)C(C)(Cc2cccc(Cl)c2)c2cc(OC)ccc21. The van der Waals surface area contributed by atoms with Gasteiger partial charge in [-0.3, -0.25) is 4.79 Å². The van der Waals surface area contributed by atoms with Gasteiger partial charge in [0.05, 0.1) is 7.11 Å². The number of fused-ring (bicyclic) bond motifs is 1. The fraction of sp³-hybridized carbons (Fsp3) is 0.214. The van der Waals surface area contributed by atoms with Gasteiger partial charge in [-0.1, -0.05) is 41.9 Å². The first-order chi connectivity index (χ1) is 16.5. The average molecular weight is 474 g/mol. The molecule has 0 aliphatic carbocycles. The largest absolute Gasteiger partial charge is 0.497 e.